The van der Waals surface area contributed by atoms with Crippen LogP contribution in [0.4, 0.5) is 29.3 Å². The number of anilines is 2. The van der Waals surface area contributed by atoms with Crippen LogP contribution in [0, 0.1) is 0 Å². The second kappa shape index (κ2) is 11.5. The largest absolute Gasteiger partial charge is 0.418 e. The van der Waals surface area contributed by atoms with E-state index in [4.69, 9.17) is 11.6 Å². The van der Waals surface area contributed by atoms with Gasteiger partial charge in [-0.05, 0) is 78.3 Å². The van der Waals surface area contributed by atoms with Gasteiger partial charge in [-0.3, -0.25) is 9.78 Å². The first-order valence-corrected chi connectivity index (χ1v) is 14.2. The molecule has 222 valence electrons. The Morgan fingerprint density at radius 3 is 2.40 bits per heavy atom. The number of halogens is 4. The molecule has 5 rings (SSSR count). The Balaban J connectivity index is 1.29. The summed E-state index contributed by atoms with van der Waals surface area (Å²) in [5.41, 5.74) is 1.68. The number of pyridine rings is 1. The molecule has 1 fully saturated rings. The van der Waals surface area contributed by atoms with E-state index in [-0.39, 0.29) is 28.1 Å². The molecule has 7 nitrogen and oxygen atoms in total. The molecule has 3 amide bonds. The van der Waals surface area contributed by atoms with Crippen molar-refractivity contribution in [1.29, 1.82) is 0 Å². The fourth-order valence-electron chi connectivity index (χ4n) is 6.07. The van der Waals surface area contributed by atoms with Crippen molar-refractivity contribution in [2.24, 2.45) is 0 Å². The van der Waals surface area contributed by atoms with Gasteiger partial charge in [-0.25, -0.2) is 4.79 Å². The monoisotopic (exact) mass is 599 g/mol. The highest BCUT2D eigenvalue weighted by molar-refractivity contribution is 6.30. The van der Waals surface area contributed by atoms with E-state index in [2.05, 4.69) is 20.5 Å². The van der Waals surface area contributed by atoms with Crippen LogP contribution in [-0.2, 0) is 11.6 Å². The van der Waals surface area contributed by atoms with E-state index in [1.807, 2.05) is 51.2 Å². The number of urea groups is 1. The Bertz CT molecular complexity index is 1470. The molecule has 2 N–H and O–H groups in total. The molecule has 3 aromatic rings. The lowest BCUT2D eigenvalue weighted by molar-refractivity contribution is -0.136. The zero-order chi connectivity index (χ0) is 30.2. The summed E-state index contributed by atoms with van der Waals surface area (Å²) >= 11 is 5.76. The average molecular weight is 600 g/mol. The first-order valence-electron chi connectivity index (χ1n) is 13.8. The van der Waals surface area contributed by atoms with E-state index in [9.17, 15) is 22.8 Å². The van der Waals surface area contributed by atoms with Crippen LogP contribution in [0.2, 0.25) is 5.02 Å². The molecule has 2 heterocycles. The summed E-state index contributed by atoms with van der Waals surface area (Å²) in [4.78, 5) is 34.6. The number of hydrogen-bond acceptors (Lipinski definition) is 4. The van der Waals surface area contributed by atoms with E-state index < -0.39 is 23.8 Å². The van der Waals surface area contributed by atoms with Gasteiger partial charge in [0.05, 0.1) is 17.3 Å². The number of fused-ring (bicyclic) bond motifs is 1. The number of nitrogens with one attached hydrogen (secondary N) is 2. The fourth-order valence-corrected chi connectivity index (χ4v) is 6.24. The Morgan fingerprint density at radius 2 is 1.74 bits per heavy atom. The zero-order valence-corrected chi connectivity index (χ0v) is 24.4. The van der Waals surface area contributed by atoms with Crippen molar-refractivity contribution in [3.63, 3.8) is 0 Å². The van der Waals surface area contributed by atoms with Crippen LogP contribution < -0.4 is 15.5 Å². The number of aromatic nitrogens is 1. The van der Waals surface area contributed by atoms with Gasteiger partial charge in [-0.15, -0.1) is 0 Å². The van der Waals surface area contributed by atoms with Crippen molar-refractivity contribution in [2.45, 2.75) is 56.8 Å². The summed E-state index contributed by atoms with van der Waals surface area (Å²) in [7, 11) is 1.82. The highest BCUT2D eigenvalue weighted by atomic mass is 35.5. The number of benzene rings is 2. The third kappa shape index (κ3) is 6.18. The van der Waals surface area contributed by atoms with Crippen molar-refractivity contribution < 1.29 is 22.8 Å². The molecule has 0 saturated carbocycles. The van der Waals surface area contributed by atoms with Crippen molar-refractivity contribution in [3.05, 3.63) is 88.2 Å². The maximum Gasteiger partial charge on any atom is 0.418 e. The van der Waals surface area contributed by atoms with Gasteiger partial charge in [-0.1, -0.05) is 31.5 Å². The molecule has 0 bridgehead atoms. The lowest BCUT2D eigenvalue weighted by Crippen LogP contribution is -2.45. The molecule has 2 aromatic carbocycles. The SMILES string of the molecule is CN(C(=O)c1ccc2c(c1)C(NC(=O)Nc1ccc(Cl)cc1C(F)(F)F)CC2(C)C)C1CCN(c2ccncc2)CC1. The van der Waals surface area contributed by atoms with Crippen molar-refractivity contribution in [2.75, 3.05) is 30.4 Å². The van der Waals surface area contributed by atoms with Gasteiger partial charge in [0, 0.05) is 54.8 Å². The molecular weight excluding hydrogens is 567 g/mol. The number of hydrogen-bond donors (Lipinski definition) is 2. The van der Waals surface area contributed by atoms with Crippen LogP contribution in [0.1, 0.15) is 66.2 Å². The quantitative estimate of drug-likeness (QED) is 0.330. The number of carbonyl (C=O) groups excluding carboxylic acids is 2. The maximum atomic E-state index is 13.6. The molecule has 1 aliphatic carbocycles. The summed E-state index contributed by atoms with van der Waals surface area (Å²) in [6, 6.07) is 11.5. The smallest absolute Gasteiger partial charge is 0.371 e. The minimum Gasteiger partial charge on any atom is -0.371 e. The Kier molecular flexibility index (Phi) is 8.11. The molecule has 1 saturated heterocycles. The van der Waals surface area contributed by atoms with Gasteiger partial charge in [0.2, 0.25) is 0 Å². The topological polar surface area (TPSA) is 77.6 Å². The van der Waals surface area contributed by atoms with Crippen LogP contribution in [0.3, 0.4) is 0 Å². The van der Waals surface area contributed by atoms with Crippen molar-refractivity contribution in [1.82, 2.24) is 15.2 Å². The molecule has 1 aliphatic heterocycles. The summed E-state index contributed by atoms with van der Waals surface area (Å²) in [6.45, 7) is 5.73. The van der Waals surface area contributed by atoms with E-state index in [1.54, 1.807) is 17.3 Å². The molecule has 11 heteroatoms. The Hall–Kier alpha value is -3.79. The van der Waals surface area contributed by atoms with Gasteiger partial charge in [0.1, 0.15) is 0 Å². The molecule has 1 unspecified atom stereocenters. The van der Waals surface area contributed by atoms with Crippen molar-refractivity contribution in [3.8, 4) is 0 Å². The zero-order valence-electron chi connectivity index (χ0n) is 23.6. The highest BCUT2D eigenvalue weighted by Crippen LogP contribution is 2.45. The number of nitrogens with zero attached hydrogens (tertiary/aromatic N) is 3. The lowest BCUT2D eigenvalue weighted by Gasteiger charge is -2.38. The second-order valence-corrected chi connectivity index (χ2v) is 12.0. The normalized spacial score (nSPS) is 18.4. The lowest BCUT2D eigenvalue weighted by atomic mass is 9.86. The van der Waals surface area contributed by atoms with Gasteiger partial charge < -0.3 is 20.4 Å². The minimum absolute atomic E-state index is 0.0822. The van der Waals surface area contributed by atoms with Crippen LogP contribution in [-0.4, -0.2) is 48.0 Å². The van der Waals surface area contributed by atoms with E-state index in [1.165, 1.54) is 6.07 Å². The number of piperidine rings is 1. The van der Waals surface area contributed by atoms with E-state index in [0.29, 0.717) is 12.0 Å². The Labute approximate surface area is 248 Å². The Morgan fingerprint density at radius 1 is 1.05 bits per heavy atom. The number of carbonyl (C=O) groups is 2. The number of rotatable bonds is 5. The van der Waals surface area contributed by atoms with Crippen LogP contribution in [0.15, 0.2) is 60.9 Å². The molecule has 0 spiro atoms. The molecule has 1 aromatic heterocycles. The minimum atomic E-state index is -4.69. The average Bonchev–Trinajstić information content (AvgIpc) is 3.21. The molecule has 42 heavy (non-hydrogen) atoms. The predicted molar refractivity (Wildman–Crippen MR) is 157 cm³/mol. The highest BCUT2D eigenvalue weighted by Gasteiger charge is 2.39. The van der Waals surface area contributed by atoms with Gasteiger partial charge in [0.15, 0.2) is 0 Å². The standard InChI is InChI=1S/C31H33ClF3N5O2/c1-30(2)18-27(38-29(42)37-26-7-5-20(32)17-25(26)31(33,34)35)23-16-19(4-6-24(23)30)28(41)39(3)21-10-14-40(15-11-21)22-8-12-36-13-9-22/h4-9,12-13,16-17,21,27H,10-11,14-15,18H2,1-3H3,(H2,37,38,42). The van der Waals surface area contributed by atoms with Crippen LogP contribution >= 0.6 is 11.6 Å². The molecule has 2 aliphatic rings. The second-order valence-electron chi connectivity index (χ2n) is 11.6. The van der Waals surface area contributed by atoms with Gasteiger partial charge in [-0.2, -0.15) is 13.2 Å². The van der Waals surface area contributed by atoms with E-state index >= 15 is 0 Å². The summed E-state index contributed by atoms with van der Waals surface area (Å²) < 4.78 is 40.6. The summed E-state index contributed by atoms with van der Waals surface area (Å²) in [5, 5.41) is 5.08. The third-order valence-corrected chi connectivity index (χ3v) is 8.55. The molecule has 0 radical (unpaired) electrons. The van der Waals surface area contributed by atoms with Gasteiger partial charge in [0.25, 0.3) is 5.91 Å². The summed E-state index contributed by atoms with van der Waals surface area (Å²) in [6.07, 6.45) is 1.05. The van der Waals surface area contributed by atoms with E-state index in [0.717, 1.165) is 54.9 Å². The van der Waals surface area contributed by atoms with Crippen LogP contribution in [0.5, 0.6) is 0 Å². The fraction of sp³-hybridized carbons (Fsp3) is 0.387. The molecular formula is C31H33ClF3N5O2. The van der Waals surface area contributed by atoms with Gasteiger partial charge >= 0.3 is 12.2 Å². The number of amides is 3. The first kappa shape index (κ1) is 29.7. The van der Waals surface area contributed by atoms with Crippen molar-refractivity contribution >= 4 is 34.9 Å². The third-order valence-electron chi connectivity index (χ3n) is 8.32. The van der Waals surface area contributed by atoms with Crippen LogP contribution in [0.25, 0.3) is 0 Å². The molecule has 1 atom stereocenters. The predicted octanol–water partition coefficient (Wildman–Crippen LogP) is 7.04. The number of alkyl halides is 3. The maximum absolute atomic E-state index is 13.6. The summed E-state index contributed by atoms with van der Waals surface area (Å²) in [5.74, 6) is -0.107. The first-order chi connectivity index (χ1) is 19.8.